The fourth-order valence-corrected chi connectivity index (χ4v) is 4.40. The normalized spacial score (nSPS) is 12.3. The van der Waals surface area contributed by atoms with Gasteiger partial charge in [-0.1, -0.05) is 74.2 Å². The van der Waals surface area contributed by atoms with Gasteiger partial charge >= 0.3 is 0 Å². The molecular formula is C19H21N3O2S2. The molecule has 5 nitrogen and oxygen atoms in total. The van der Waals surface area contributed by atoms with E-state index < -0.39 is 6.10 Å². The van der Waals surface area contributed by atoms with Gasteiger partial charge in [0, 0.05) is 5.25 Å². The molecule has 0 unspecified atom stereocenters. The molecule has 3 rings (SSSR count). The van der Waals surface area contributed by atoms with Gasteiger partial charge in [0.1, 0.15) is 5.75 Å². The third-order valence-electron chi connectivity index (χ3n) is 3.64. The minimum Gasteiger partial charge on any atom is -0.481 e. The molecule has 7 heteroatoms. The summed E-state index contributed by atoms with van der Waals surface area (Å²) in [4.78, 5) is 12.5. The third-order valence-corrected chi connectivity index (χ3v) is 5.56. The Morgan fingerprint density at radius 2 is 1.96 bits per heavy atom. The monoisotopic (exact) mass is 387 g/mol. The van der Waals surface area contributed by atoms with Crippen LogP contribution in [0.4, 0.5) is 5.13 Å². The Hall–Kier alpha value is -2.12. The highest BCUT2D eigenvalue weighted by atomic mass is 32.2. The Balaban J connectivity index is 1.67. The summed E-state index contributed by atoms with van der Waals surface area (Å²) in [7, 11) is 0. The van der Waals surface area contributed by atoms with Crippen LogP contribution in [-0.2, 0) is 4.79 Å². The highest BCUT2D eigenvalue weighted by Crippen LogP contribution is 2.29. The molecular weight excluding hydrogens is 366 g/mol. The van der Waals surface area contributed by atoms with Crippen LogP contribution in [0.25, 0.3) is 10.8 Å². The number of carbonyl (C=O) groups excluding carboxylic acids is 1. The van der Waals surface area contributed by atoms with Crippen molar-refractivity contribution in [1.82, 2.24) is 10.2 Å². The second-order valence-corrected chi connectivity index (χ2v) is 8.85. The van der Waals surface area contributed by atoms with Crippen LogP contribution in [0.2, 0.25) is 0 Å². The first-order valence-corrected chi connectivity index (χ1v) is 10.2. The van der Waals surface area contributed by atoms with E-state index in [0.29, 0.717) is 22.6 Å². The van der Waals surface area contributed by atoms with Crippen molar-refractivity contribution in [2.24, 2.45) is 0 Å². The number of nitrogens with zero attached hydrogens (tertiary/aromatic N) is 2. The average Bonchev–Trinajstić information content (AvgIpc) is 3.05. The first-order valence-electron chi connectivity index (χ1n) is 8.51. The maximum atomic E-state index is 12.5. The van der Waals surface area contributed by atoms with Gasteiger partial charge in [0.2, 0.25) is 5.13 Å². The van der Waals surface area contributed by atoms with Gasteiger partial charge in [-0.05, 0) is 29.3 Å². The number of benzene rings is 2. The average molecular weight is 388 g/mol. The van der Waals surface area contributed by atoms with Gasteiger partial charge in [0.05, 0.1) is 0 Å². The second kappa shape index (κ2) is 8.51. The largest absolute Gasteiger partial charge is 0.481 e. The van der Waals surface area contributed by atoms with E-state index in [1.807, 2.05) is 49.4 Å². The SMILES string of the molecule is CC[C@@H](Oc1ccc2ccccc2c1)C(=O)Nc1nnc(SC(C)C)s1. The number of nitrogens with one attached hydrogen (secondary N) is 1. The molecule has 0 aliphatic rings. The van der Waals surface area contributed by atoms with Crippen molar-refractivity contribution < 1.29 is 9.53 Å². The van der Waals surface area contributed by atoms with Gasteiger partial charge in [-0.25, -0.2) is 0 Å². The summed E-state index contributed by atoms with van der Waals surface area (Å²) in [6.45, 7) is 6.11. The zero-order chi connectivity index (χ0) is 18.5. The first-order chi connectivity index (χ1) is 12.5. The molecule has 0 fully saturated rings. The number of anilines is 1. The van der Waals surface area contributed by atoms with Crippen molar-refractivity contribution in [2.75, 3.05) is 5.32 Å². The summed E-state index contributed by atoms with van der Waals surface area (Å²) in [5.41, 5.74) is 0. The van der Waals surface area contributed by atoms with E-state index in [4.69, 9.17) is 4.74 Å². The molecule has 0 saturated carbocycles. The smallest absolute Gasteiger partial charge is 0.267 e. The quantitative estimate of drug-likeness (QED) is 0.457. The standard InChI is InChI=1S/C19H21N3O2S2/c1-4-16(17(23)20-18-21-22-19(26-18)25-12(2)3)24-15-10-9-13-7-5-6-8-14(13)11-15/h5-12,16H,4H2,1-3H3,(H,20,21,23)/t16-/m1/s1. The third kappa shape index (κ3) is 4.74. The molecule has 0 aliphatic carbocycles. The van der Waals surface area contributed by atoms with Crippen LogP contribution >= 0.6 is 23.1 Å². The van der Waals surface area contributed by atoms with Gasteiger partial charge in [0.25, 0.3) is 5.91 Å². The molecule has 2 aromatic carbocycles. The van der Waals surface area contributed by atoms with Gasteiger partial charge in [-0.15, -0.1) is 10.2 Å². The molecule has 0 saturated heterocycles. The number of carbonyl (C=O) groups is 1. The number of fused-ring (bicyclic) bond motifs is 1. The van der Waals surface area contributed by atoms with Crippen molar-refractivity contribution in [3.8, 4) is 5.75 Å². The molecule has 1 heterocycles. The van der Waals surface area contributed by atoms with Gasteiger partial charge in [0.15, 0.2) is 10.4 Å². The molecule has 0 radical (unpaired) electrons. The van der Waals surface area contributed by atoms with Crippen molar-refractivity contribution in [1.29, 1.82) is 0 Å². The van der Waals surface area contributed by atoms with Crippen LogP contribution in [0, 0.1) is 0 Å². The molecule has 0 spiro atoms. The number of hydrogen-bond donors (Lipinski definition) is 1. The molecule has 3 aromatic rings. The Bertz CT molecular complexity index is 895. The fraction of sp³-hybridized carbons (Fsp3) is 0.316. The second-order valence-electron chi connectivity index (χ2n) is 6.05. The number of ether oxygens (including phenoxy) is 1. The summed E-state index contributed by atoms with van der Waals surface area (Å²) >= 11 is 3.01. The molecule has 136 valence electrons. The minimum absolute atomic E-state index is 0.210. The van der Waals surface area contributed by atoms with E-state index in [1.165, 1.54) is 11.3 Å². The van der Waals surface area contributed by atoms with Crippen LogP contribution in [0.15, 0.2) is 46.8 Å². The molecule has 1 aromatic heterocycles. The van der Waals surface area contributed by atoms with Gasteiger partial charge in [-0.2, -0.15) is 0 Å². The van der Waals surface area contributed by atoms with Crippen LogP contribution in [0.5, 0.6) is 5.75 Å². The van der Waals surface area contributed by atoms with Crippen molar-refractivity contribution >= 4 is 44.9 Å². The van der Waals surface area contributed by atoms with E-state index in [2.05, 4.69) is 29.4 Å². The Labute approximate surface area is 161 Å². The fourth-order valence-electron chi connectivity index (χ4n) is 2.42. The van der Waals surface area contributed by atoms with Gasteiger partial charge < -0.3 is 4.74 Å². The summed E-state index contributed by atoms with van der Waals surface area (Å²) in [5, 5.41) is 14.1. The molecule has 1 N–H and O–H groups in total. The highest BCUT2D eigenvalue weighted by Gasteiger charge is 2.20. The molecule has 1 atom stereocenters. The van der Waals surface area contributed by atoms with E-state index in [9.17, 15) is 4.79 Å². The minimum atomic E-state index is -0.582. The lowest BCUT2D eigenvalue weighted by Gasteiger charge is -2.16. The van der Waals surface area contributed by atoms with Gasteiger partial charge in [-0.3, -0.25) is 10.1 Å². The van der Waals surface area contributed by atoms with E-state index >= 15 is 0 Å². The lowest BCUT2D eigenvalue weighted by atomic mass is 10.1. The number of amides is 1. The molecule has 1 amide bonds. The van der Waals surface area contributed by atoms with E-state index in [-0.39, 0.29) is 5.91 Å². The molecule has 0 bridgehead atoms. The number of aromatic nitrogens is 2. The lowest BCUT2D eigenvalue weighted by Crippen LogP contribution is -2.32. The predicted molar refractivity (Wildman–Crippen MR) is 108 cm³/mol. The van der Waals surface area contributed by atoms with E-state index in [0.717, 1.165) is 15.1 Å². The first kappa shape index (κ1) is 18.7. The van der Waals surface area contributed by atoms with Crippen molar-refractivity contribution in [2.45, 2.75) is 42.9 Å². The molecule has 26 heavy (non-hydrogen) atoms. The van der Waals surface area contributed by atoms with Crippen LogP contribution < -0.4 is 10.1 Å². The van der Waals surface area contributed by atoms with Crippen LogP contribution in [0.1, 0.15) is 27.2 Å². The summed E-state index contributed by atoms with van der Waals surface area (Å²) in [6.07, 6.45) is -0.0216. The Kier molecular flexibility index (Phi) is 6.11. The zero-order valence-electron chi connectivity index (χ0n) is 14.9. The number of thioether (sulfide) groups is 1. The summed E-state index contributed by atoms with van der Waals surface area (Å²) in [5.74, 6) is 0.469. The summed E-state index contributed by atoms with van der Waals surface area (Å²) in [6, 6.07) is 13.9. The Morgan fingerprint density at radius 1 is 1.19 bits per heavy atom. The molecule has 0 aliphatic heterocycles. The number of hydrogen-bond acceptors (Lipinski definition) is 6. The summed E-state index contributed by atoms with van der Waals surface area (Å²) < 4.78 is 6.76. The Morgan fingerprint density at radius 3 is 2.69 bits per heavy atom. The maximum Gasteiger partial charge on any atom is 0.267 e. The zero-order valence-corrected chi connectivity index (χ0v) is 16.6. The lowest BCUT2D eigenvalue weighted by molar-refractivity contribution is -0.122. The number of rotatable bonds is 7. The van der Waals surface area contributed by atoms with Crippen LogP contribution in [0.3, 0.4) is 0 Å². The maximum absolute atomic E-state index is 12.5. The topological polar surface area (TPSA) is 64.1 Å². The predicted octanol–water partition coefficient (Wildman–Crippen LogP) is 4.99. The van der Waals surface area contributed by atoms with E-state index in [1.54, 1.807) is 11.8 Å². The highest BCUT2D eigenvalue weighted by molar-refractivity contribution is 8.01. The van der Waals surface area contributed by atoms with Crippen molar-refractivity contribution in [3.05, 3.63) is 42.5 Å². The van der Waals surface area contributed by atoms with Crippen LogP contribution in [-0.4, -0.2) is 27.5 Å². The van der Waals surface area contributed by atoms with Crippen molar-refractivity contribution in [3.63, 3.8) is 0 Å².